The zero-order chi connectivity index (χ0) is 15.2. The highest BCUT2D eigenvalue weighted by atomic mass is 35.5. The summed E-state index contributed by atoms with van der Waals surface area (Å²) in [5, 5.41) is 3.59. The summed E-state index contributed by atoms with van der Waals surface area (Å²) >= 11 is 6.06. The molecule has 114 valence electrons. The van der Waals surface area contributed by atoms with Gasteiger partial charge in [0.25, 0.3) is 0 Å². The first-order valence-electron chi connectivity index (χ1n) is 7.04. The number of carbonyl (C=O) groups is 1. The van der Waals surface area contributed by atoms with E-state index in [1.165, 1.54) is 0 Å². The number of carbonyl (C=O) groups excluding carboxylic acids is 1. The number of fused-ring (bicyclic) bond motifs is 1. The Kier molecular flexibility index (Phi) is 3.76. The van der Waals surface area contributed by atoms with E-state index in [4.69, 9.17) is 11.6 Å². The molecule has 1 fully saturated rings. The van der Waals surface area contributed by atoms with E-state index < -0.39 is 9.71 Å². The molecular formula is C15H19ClN2O2S. The largest absolute Gasteiger partial charge is 0.325 e. The van der Waals surface area contributed by atoms with Gasteiger partial charge in [0.1, 0.15) is 0 Å². The van der Waals surface area contributed by atoms with Gasteiger partial charge in [-0.3, -0.25) is 9.00 Å². The minimum Gasteiger partial charge on any atom is -0.325 e. The molecule has 1 aromatic rings. The molecule has 21 heavy (non-hydrogen) atoms. The summed E-state index contributed by atoms with van der Waals surface area (Å²) in [6.45, 7) is 1.45. The summed E-state index contributed by atoms with van der Waals surface area (Å²) in [6, 6.07) is 5.54. The Bertz CT molecular complexity index is 679. The molecule has 0 spiro atoms. The van der Waals surface area contributed by atoms with Crippen LogP contribution in [0.1, 0.15) is 24.3 Å². The average Bonchev–Trinajstić information content (AvgIpc) is 2.73. The fourth-order valence-electron chi connectivity index (χ4n) is 3.32. The minimum atomic E-state index is -2.14. The van der Waals surface area contributed by atoms with Crippen LogP contribution < -0.4 is 5.32 Å². The van der Waals surface area contributed by atoms with Gasteiger partial charge >= 0.3 is 0 Å². The van der Waals surface area contributed by atoms with Crippen LogP contribution in [0.2, 0.25) is 5.02 Å². The Morgan fingerprint density at radius 2 is 2.05 bits per heavy atom. The average molecular weight is 327 g/mol. The van der Waals surface area contributed by atoms with Crippen LogP contribution in [-0.4, -0.2) is 39.6 Å². The molecule has 0 aromatic heterocycles. The van der Waals surface area contributed by atoms with E-state index in [1.807, 2.05) is 16.4 Å². The van der Waals surface area contributed by atoms with E-state index in [2.05, 4.69) is 11.2 Å². The summed E-state index contributed by atoms with van der Waals surface area (Å²) < 4.78 is 13.9. The number of halogens is 1. The summed E-state index contributed by atoms with van der Waals surface area (Å²) in [5.41, 5.74) is 1.87. The van der Waals surface area contributed by atoms with Crippen molar-refractivity contribution in [3.8, 4) is 0 Å². The van der Waals surface area contributed by atoms with Gasteiger partial charge in [0.15, 0.2) is 0 Å². The maximum Gasteiger partial charge on any atom is 0.232 e. The monoisotopic (exact) mass is 326 g/mol. The lowest BCUT2D eigenvalue weighted by Gasteiger charge is -2.34. The zero-order valence-corrected chi connectivity index (χ0v) is 13.5. The van der Waals surface area contributed by atoms with Gasteiger partial charge in [-0.1, -0.05) is 11.6 Å². The number of anilines is 1. The number of hydrogen-bond acceptors (Lipinski definition) is 2. The van der Waals surface area contributed by atoms with Gasteiger partial charge in [0.2, 0.25) is 5.91 Å². The number of hydrogen-bond donors (Lipinski definition) is 1. The van der Waals surface area contributed by atoms with Crippen molar-refractivity contribution in [3.63, 3.8) is 0 Å². The van der Waals surface area contributed by atoms with Crippen molar-refractivity contribution < 1.29 is 9.00 Å². The van der Waals surface area contributed by atoms with Gasteiger partial charge in [-0.05, 0) is 48.4 Å². The molecule has 0 aliphatic carbocycles. The molecule has 0 bridgehead atoms. The summed E-state index contributed by atoms with van der Waals surface area (Å²) in [4.78, 5) is 12.3. The molecule has 2 heterocycles. The second-order valence-corrected chi connectivity index (χ2v) is 8.80. The lowest BCUT2D eigenvalue weighted by Crippen LogP contribution is -2.39. The SMILES string of the molecule is C=S(C)(=O)N1CCC(C2C(=O)Nc3ccc(Cl)cc32)CC1. The molecule has 1 aromatic carbocycles. The fourth-order valence-corrected chi connectivity index (χ4v) is 4.48. The molecule has 2 atom stereocenters. The van der Waals surface area contributed by atoms with E-state index >= 15 is 0 Å². The Morgan fingerprint density at radius 1 is 1.38 bits per heavy atom. The molecule has 4 nitrogen and oxygen atoms in total. The standard InChI is InChI=1S/C15H19ClN2O2S/c1-21(2,20)18-7-5-10(6-8-18)14-12-9-11(16)3-4-13(12)17-15(14)19/h3-4,9-10,14H,1,5-8H2,2H3,(H,17,19). The van der Waals surface area contributed by atoms with Gasteiger partial charge in [-0.2, -0.15) is 0 Å². The molecule has 1 saturated heterocycles. The zero-order valence-electron chi connectivity index (χ0n) is 12.0. The van der Waals surface area contributed by atoms with Crippen molar-refractivity contribution in [3.05, 3.63) is 28.8 Å². The van der Waals surface area contributed by atoms with Crippen LogP contribution in [0.25, 0.3) is 0 Å². The van der Waals surface area contributed by atoms with Crippen LogP contribution in [0.15, 0.2) is 18.2 Å². The van der Waals surface area contributed by atoms with Crippen molar-refractivity contribution in [2.75, 3.05) is 24.7 Å². The van der Waals surface area contributed by atoms with Gasteiger partial charge in [-0.15, -0.1) is 0 Å². The van der Waals surface area contributed by atoms with Crippen molar-refractivity contribution >= 4 is 38.8 Å². The number of benzene rings is 1. The third-order valence-electron chi connectivity index (χ3n) is 4.41. The van der Waals surface area contributed by atoms with Crippen LogP contribution >= 0.6 is 11.6 Å². The summed E-state index contributed by atoms with van der Waals surface area (Å²) in [7, 11) is -2.14. The normalized spacial score (nSPS) is 26.2. The topological polar surface area (TPSA) is 49.4 Å². The third kappa shape index (κ3) is 2.82. The first-order valence-corrected chi connectivity index (χ1v) is 9.51. The first-order chi connectivity index (χ1) is 9.86. The Hall–Kier alpha value is -1.04. The molecule has 6 heteroatoms. The Balaban J connectivity index is 1.80. The molecular weight excluding hydrogens is 308 g/mol. The van der Waals surface area contributed by atoms with Crippen molar-refractivity contribution in [1.82, 2.24) is 4.31 Å². The molecule has 1 N–H and O–H groups in total. The predicted molar refractivity (Wildman–Crippen MR) is 88.3 cm³/mol. The van der Waals surface area contributed by atoms with E-state index in [9.17, 15) is 9.00 Å². The number of amides is 1. The van der Waals surface area contributed by atoms with E-state index in [0.29, 0.717) is 5.02 Å². The van der Waals surface area contributed by atoms with Crippen molar-refractivity contribution in [2.45, 2.75) is 18.8 Å². The molecule has 0 radical (unpaired) electrons. The minimum absolute atomic E-state index is 0.0533. The van der Waals surface area contributed by atoms with Crippen LogP contribution in [0.5, 0.6) is 0 Å². The lowest BCUT2D eigenvalue weighted by atomic mass is 9.81. The molecule has 2 aliphatic heterocycles. The smallest absolute Gasteiger partial charge is 0.232 e. The second-order valence-electron chi connectivity index (χ2n) is 5.92. The van der Waals surface area contributed by atoms with Gasteiger partial charge in [0, 0.05) is 39.8 Å². The van der Waals surface area contributed by atoms with Gasteiger partial charge in [-0.25, -0.2) is 4.31 Å². The molecule has 3 rings (SSSR count). The second kappa shape index (κ2) is 5.30. The number of rotatable bonds is 2. The van der Waals surface area contributed by atoms with E-state index in [-0.39, 0.29) is 17.7 Å². The highest BCUT2D eigenvalue weighted by Gasteiger charge is 2.38. The number of nitrogens with zero attached hydrogens (tertiary/aromatic N) is 1. The third-order valence-corrected chi connectivity index (χ3v) is 6.10. The summed E-state index contributed by atoms with van der Waals surface area (Å²) in [6.07, 6.45) is 3.37. The first kappa shape index (κ1) is 14.9. The van der Waals surface area contributed by atoms with Crippen LogP contribution in [0, 0.1) is 5.92 Å². The molecule has 2 aliphatic rings. The maximum absolute atomic E-state index is 12.3. The van der Waals surface area contributed by atoms with Gasteiger partial charge in [0.05, 0.1) is 5.92 Å². The lowest BCUT2D eigenvalue weighted by molar-refractivity contribution is -0.118. The van der Waals surface area contributed by atoms with E-state index in [1.54, 1.807) is 12.3 Å². The highest BCUT2D eigenvalue weighted by molar-refractivity contribution is 7.97. The Morgan fingerprint density at radius 3 is 2.67 bits per heavy atom. The van der Waals surface area contributed by atoms with Crippen LogP contribution in [0.3, 0.4) is 0 Å². The number of nitrogens with one attached hydrogen (secondary N) is 1. The quantitative estimate of drug-likeness (QED) is 0.848. The van der Waals surface area contributed by atoms with Crippen molar-refractivity contribution in [1.29, 1.82) is 0 Å². The van der Waals surface area contributed by atoms with Crippen molar-refractivity contribution in [2.24, 2.45) is 5.92 Å². The highest BCUT2D eigenvalue weighted by Crippen LogP contribution is 2.42. The predicted octanol–water partition coefficient (Wildman–Crippen LogP) is 2.35. The van der Waals surface area contributed by atoms with Crippen LogP contribution in [-0.2, 0) is 14.5 Å². The van der Waals surface area contributed by atoms with Gasteiger partial charge < -0.3 is 5.32 Å². The molecule has 1 amide bonds. The van der Waals surface area contributed by atoms with E-state index in [0.717, 1.165) is 37.2 Å². The fraction of sp³-hybridized carbons (Fsp3) is 0.467. The van der Waals surface area contributed by atoms with Crippen LogP contribution in [0.4, 0.5) is 5.69 Å². The maximum atomic E-state index is 12.3. The number of piperidine rings is 1. The molecule has 2 unspecified atom stereocenters. The summed E-state index contributed by atoms with van der Waals surface area (Å²) in [5.74, 6) is 3.92. The Labute approximate surface area is 130 Å². The molecule has 0 saturated carbocycles.